The third-order valence-electron chi connectivity index (χ3n) is 3.31. The van der Waals surface area contributed by atoms with Crippen molar-refractivity contribution in [1.82, 2.24) is 4.98 Å². The smallest absolute Gasteiger partial charge is 0.0591 e. The molecule has 104 valence electrons. The Morgan fingerprint density at radius 1 is 0.714 bits per heavy atom. The van der Waals surface area contributed by atoms with E-state index in [1.807, 2.05) is 25.4 Å². The summed E-state index contributed by atoms with van der Waals surface area (Å²) < 4.78 is 0. The van der Waals surface area contributed by atoms with E-state index in [1.54, 1.807) is 6.20 Å². The molecule has 3 rings (SSSR count). The number of benzene rings is 2. The minimum absolute atomic E-state index is 0.967. The fourth-order valence-corrected chi connectivity index (χ4v) is 2.19. The van der Waals surface area contributed by atoms with E-state index in [4.69, 9.17) is 0 Å². The summed E-state index contributed by atoms with van der Waals surface area (Å²) in [4.78, 5) is 4.19. The standard InChI is InChI=1S/C18H17N3/c1-19-17-11-18(13-20-12-17)21-16-9-7-15(8-10-16)14-5-3-2-4-6-14/h2-13,19,21H,1H3. The average Bonchev–Trinajstić information content (AvgIpc) is 2.56. The van der Waals surface area contributed by atoms with Gasteiger partial charge in [0.2, 0.25) is 0 Å². The van der Waals surface area contributed by atoms with Crippen molar-refractivity contribution >= 4 is 17.1 Å². The molecule has 0 amide bonds. The first-order valence-corrected chi connectivity index (χ1v) is 6.90. The molecule has 0 radical (unpaired) electrons. The van der Waals surface area contributed by atoms with E-state index < -0.39 is 0 Å². The number of aromatic nitrogens is 1. The molecule has 0 bridgehead atoms. The second-order valence-corrected chi connectivity index (χ2v) is 4.78. The zero-order valence-corrected chi connectivity index (χ0v) is 11.9. The molecular weight excluding hydrogens is 258 g/mol. The summed E-state index contributed by atoms with van der Waals surface area (Å²) in [5.41, 5.74) is 5.44. The molecule has 0 saturated heterocycles. The van der Waals surface area contributed by atoms with Crippen LogP contribution in [0.3, 0.4) is 0 Å². The SMILES string of the molecule is CNc1cncc(Nc2ccc(-c3ccccc3)cc2)c1. The summed E-state index contributed by atoms with van der Waals surface area (Å²) in [5.74, 6) is 0. The van der Waals surface area contributed by atoms with Crippen LogP contribution in [0.25, 0.3) is 11.1 Å². The maximum absolute atomic E-state index is 4.19. The van der Waals surface area contributed by atoms with Gasteiger partial charge in [-0.25, -0.2) is 0 Å². The molecule has 2 aromatic carbocycles. The number of hydrogen-bond acceptors (Lipinski definition) is 3. The van der Waals surface area contributed by atoms with Crippen LogP contribution in [0.4, 0.5) is 17.1 Å². The highest BCUT2D eigenvalue weighted by molar-refractivity contribution is 5.69. The van der Waals surface area contributed by atoms with Gasteiger partial charge >= 0.3 is 0 Å². The van der Waals surface area contributed by atoms with Gasteiger partial charge in [0, 0.05) is 12.7 Å². The second kappa shape index (κ2) is 6.09. The Labute approximate surface area is 124 Å². The first-order chi connectivity index (χ1) is 10.3. The van der Waals surface area contributed by atoms with E-state index in [-0.39, 0.29) is 0 Å². The van der Waals surface area contributed by atoms with Crippen molar-refractivity contribution in [2.24, 2.45) is 0 Å². The van der Waals surface area contributed by atoms with Gasteiger partial charge in [-0.15, -0.1) is 0 Å². The lowest BCUT2D eigenvalue weighted by Crippen LogP contribution is -1.94. The molecule has 0 aliphatic rings. The lowest BCUT2D eigenvalue weighted by Gasteiger charge is -2.09. The largest absolute Gasteiger partial charge is 0.387 e. The third kappa shape index (κ3) is 3.20. The van der Waals surface area contributed by atoms with Crippen LogP contribution in [0.5, 0.6) is 0 Å². The Balaban J connectivity index is 1.78. The lowest BCUT2D eigenvalue weighted by atomic mass is 10.1. The van der Waals surface area contributed by atoms with Crippen molar-refractivity contribution in [3.05, 3.63) is 73.1 Å². The maximum atomic E-state index is 4.19. The molecule has 0 unspecified atom stereocenters. The Morgan fingerprint density at radius 3 is 2.10 bits per heavy atom. The molecular formula is C18H17N3. The van der Waals surface area contributed by atoms with E-state index in [1.165, 1.54) is 11.1 Å². The highest BCUT2D eigenvalue weighted by Crippen LogP contribution is 2.23. The molecule has 3 aromatic rings. The summed E-state index contributed by atoms with van der Waals surface area (Å²) in [6.45, 7) is 0. The van der Waals surface area contributed by atoms with Crippen molar-refractivity contribution in [3.63, 3.8) is 0 Å². The fraction of sp³-hybridized carbons (Fsp3) is 0.0556. The molecule has 2 N–H and O–H groups in total. The van der Waals surface area contributed by atoms with Gasteiger partial charge in [0.05, 0.1) is 23.8 Å². The van der Waals surface area contributed by atoms with Crippen LogP contribution in [0.15, 0.2) is 73.1 Å². The lowest BCUT2D eigenvalue weighted by molar-refractivity contribution is 1.30. The fourth-order valence-electron chi connectivity index (χ4n) is 2.19. The molecule has 0 aliphatic carbocycles. The normalized spacial score (nSPS) is 10.1. The van der Waals surface area contributed by atoms with Crippen molar-refractivity contribution in [3.8, 4) is 11.1 Å². The Hall–Kier alpha value is -2.81. The first kappa shape index (κ1) is 13.2. The zero-order chi connectivity index (χ0) is 14.5. The first-order valence-electron chi connectivity index (χ1n) is 6.90. The molecule has 1 heterocycles. The molecule has 0 fully saturated rings. The molecule has 3 nitrogen and oxygen atoms in total. The van der Waals surface area contributed by atoms with Crippen molar-refractivity contribution in [1.29, 1.82) is 0 Å². The second-order valence-electron chi connectivity index (χ2n) is 4.78. The zero-order valence-electron chi connectivity index (χ0n) is 11.9. The van der Waals surface area contributed by atoms with Gasteiger partial charge in [-0.1, -0.05) is 42.5 Å². The van der Waals surface area contributed by atoms with Crippen LogP contribution in [-0.4, -0.2) is 12.0 Å². The van der Waals surface area contributed by atoms with Crippen molar-refractivity contribution in [2.45, 2.75) is 0 Å². The Bertz CT molecular complexity index is 706. The van der Waals surface area contributed by atoms with Crippen LogP contribution >= 0.6 is 0 Å². The van der Waals surface area contributed by atoms with E-state index in [0.717, 1.165) is 17.1 Å². The molecule has 0 spiro atoms. The highest BCUT2D eigenvalue weighted by Gasteiger charge is 1.99. The van der Waals surface area contributed by atoms with Crippen molar-refractivity contribution in [2.75, 3.05) is 17.7 Å². The molecule has 1 aromatic heterocycles. The molecule has 0 aliphatic heterocycles. The van der Waals surface area contributed by atoms with E-state index in [0.29, 0.717) is 0 Å². The monoisotopic (exact) mass is 275 g/mol. The minimum Gasteiger partial charge on any atom is -0.387 e. The van der Waals surface area contributed by atoms with Crippen LogP contribution in [0.2, 0.25) is 0 Å². The predicted octanol–water partition coefficient (Wildman–Crippen LogP) is 4.53. The Kier molecular flexibility index (Phi) is 3.83. The third-order valence-corrected chi connectivity index (χ3v) is 3.31. The quantitative estimate of drug-likeness (QED) is 0.734. The topological polar surface area (TPSA) is 37.0 Å². The number of nitrogens with one attached hydrogen (secondary N) is 2. The summed E-state index contributed by atoms with van der Waals surface area (Å²) in [6.07, 6.45) is 3.61. The van der Waals surface area contributed by atoms with Crippen molar-refractivity contribution < 1.29 is 0 Å². The number of rotatable bonds is 4. The molecule has 0 atom stereocenters. The van der Waals surface area contributed by atoms with Gasteiger partial charge in [-0.3, -0.25) is 4.98 Å². The Morgan fingerprint density at radius 2 is 1.38 bits per heavy atom. The number of nitrogens with zero attached hydrogens (tertiary/aromatic N) is 1. The van der Waals surface area contributed by atoms with Gasteiger partial charge in [0.25, 0.3) is 0 Å². The molecule has 3 heteroatoms. The minimum atomic E-state index is 0.967. The van der Waals surface area contributed by atoms with E-state index in [2.05, 4.69) is 64.1 Å². The summed E-state index contributed by atoms with van der Waals surface area (Å²) in [7, 11) is 1.88. The highest BCUT2D eigenvalue weighted by atomic mass is 14.9. The van der Waals surface area contributed by atoms with E-state index in [9.17, 15) is 0 Å². The number of anilines is 3. The van der Waals surface area contributed by atoms with Gasteiger partial charge in [-0.2, -0.15) is 0 Å². The van der Waals surface area contributed by atoms with Crippen LogP contribution in [-0.2, 0) is 0 Å². The summed E-state index contributed by atoms with van der Waals surface area (Å²) in [5, 5.41) is 6.44. The number of pyridine rings is 1. The van der Waals surface area contributed by atoms with E-state index >= 15 is 0 Å². The predicted molar refractivity (Wildman–Crippen MR) is 88.9 cm³/mol. The van der Waals surface area contributed by atoms with Crippen LogP contribution < -0.4 is 10.6 Å². The van der Waals surface area contributed by atoms with Crippen LogP contribution in [0.1, 0.15) is 0 Å². The summed E-state index contributed by atoms with van der Waals surface area (Å²) in [6, 6.07) is 20.8. The van der Waals surface area contributed by atoms with Gasteiger partial charge in [0.1, 0.15) is 0 Å². The molecule has 0 saturated carbocycles. The van der Waals surface area contributed by atoms with Gasteiger partial charge < -0.3 is 10.6 Å². The maximum Gasteiger partial charge on any atom is 0.0591 e. The van der Waals surface area contributed by atoms with Crippen LogP contribution in [0, 0.1) is 0 Å². The summed E-state index contributed by atoms with van der Waals surface area (Å²) >= 11 is 0. The van der Waals surface area contributed by atoms with Gasteiger partial charge in [-0.05, 0) is 29.3 Å². The van der Waals surface area contributed by atoms with Gasteiger partial charge in [0.15, 0.2) is 0 Å². The number of hydrogen-bond donors (Lipinski definition) is 2. The molecule has 21 heavy (non-hydrogen) atoms. The average molecular weight is 275 g/mol.